The molecule has 0 aliphatic heterocycles. The first kappa shape index (κ1) is 15.4. The molecule has 0 atom stereocenters. The highest BCUT2D eigenvalue weighted by atomic mass is 79.9. The Morgan fingerprint density at radius 3 is 2.75 bits per heavy atom. The maximum Gasteiger partial charge on any atom is 0.262 e. The average molecular weight is 379 g/mol. The van der Waals surface area contributed by atoms with E-state index < -0.39 is 15.8 Å². The smallest absolute Gasteiger partial charge is 0.262 e. The van der Waals surface area contributed by atoms with Crippen molar-refractivity contribution in [2.24, 2.45) is 0 Å². The molecule has 20 heavy (non-hydrogen) atoms. The van der Waals surface area contributed by atoms with Crippen LogP contribution in [0.1, 0.15) is 4.88 Å². The molecular formula is C12H12BrFN2O2S2. The molecule has 0 saturated heterocycles. The van der Waals surface area contributed by atoms with Gasteiger partial charge in [0.2, 0.25) is 0 Å². The molecule has 0 aliphatic carbocycles. The number of benzene rings is 1. The maximum atomic E-state index is 13.0. The topological polar surface area (TPSA) is 58.2 Å². The molecule has 1 aromatic heterocycles. The molecule has 0 saturated carbocycles. The van der Waals surface area contributed by atoms with Crippen LogP contribution in [-0.4, -0.2) is 15.5 Å². The standard InChI is InChI=1S/C12H12BrFN2O2S2/c1-15-6-9-5-10(7-19-9)20(17,18)16-12-3-2-8(14)4-11(12)13/h2-5,7,15-16H,6H2,1H3. The molecular weight excluding hydrogens is 367 g/mol. The van der Waals surface area contributed by atoms with Gasteiger partial charge in [0.25, 0.3) is 10.0 Å². The molecule has 0 spiro atoms. The molecule has 0 radical (unpaired) electrons. The highest BCUT2D eigenvalue weighted by molar-refractivity contribution is 9.10. The fourth-order valence-corrected chi connectivity index (χ4v) is 4.49. The molecule has 2 rings (SSSR count). The van der Waals surface area contributed by atoms with Crippen LogP contribution in [0.4, 0.5) is 10.1 Å². The molecule has 1 aromatic carbocycles. The van der Waals surface area contributed by atoms with Crippen LogP contribution in [-0.2, 0) is 16.6 Å². The minimum absolute atomic E-state index is 0.198. The number of halogens is 2. The van der Waals surface area contributed by atoms with Gasteiger partial charge in [-0.1, -0.05) is 0 Å². The lowest BCUT2D eigenvalue weighted by molar-refractivity contribution is 0.601. The molecule has 8 heteroatoms. The third-order valence-electron chi connectivity index (χ3n) is 2.47. The van der Waals surface area contributed by atoms with Gasteiger partial charge >= 0.3 is 0 Å². The lowest BCUT2D eigenvalue weighted by Gasteiger charge is -2.08. The van der Waals surface area contributed by atoms with E-state index in [1.54, 1.807) is 18.5 Å². The van der Waals surface area contributed by atoms with Gasteiger partial charge in [-0.2, -0.15) is 0 Å². The van der Waals surface area contributed by atoms with Crippen LogP contribution < -0.4 is 10.0 Å². The maximum absolute atomic E-state index is 13.0. The largest absolute Gasteiger partial charge is 0.315 e. The summed E-state index contributed by atoms with van der Waals surface area (Å²) in [6, 6.07) is 5.39. The summed E-state index contributed by atoms with van der Waals surface area (Å²) in [5.41, 5.74) is 0.299. The number of rotatable bonds is 5. The van der Waals surface area contributed by atoms with E-state index in [2.05, 4.69) is 26.0 Å². The Bertz CT molecular complexity index is 716. The second kappa shape index (κ2) is 6.21. The van der Waals surface area contributed by atoms with Crippen molar-refractivity contribution in [2.45, 2.75) is 11.4 Å². The van der Waals surface area contributed by atoms with Gasteiger partial charge in [0, 0.05) is 21.3 Å². The van der Waals surface area contributed by atoms with Crippen molar-refractivity contribution in [3.8, 4) is 0 Å². The normalized spacial score (nSPS) is 11.6. The summed E-state index contributed by atoms with van der Waals surface area (Å²) in [4.78, 5) is 1.12. The third-order valence-corrected chi connectivity index (χ3v) is 5.55. The molecule has 0 bridgehead atoms. The Kier molecular flexibility index (Phi) is 4.79. The number of thiophene rings is 1. The number of anilines is 1. The monoisotopic (exact) mass is 378 g/mol. The van der Waals surface area contributed by atoms with Crippen molar-refractivity contribution in [3.05, 3.63) is 44.8 Å². The Hall–Kier alpha value is -0.960. The second-order valence-electron chi connectivity index (χ2n) is 4.01. The highest BCUT2D eigenvalue weighted by Gasteiger charge is 2.17. The van der Waals surface area contributed by atoms with Crippen LogP contribution in [0.25, 0.3) is 0 Å². The Morgan fingerprint density at radius 2 is 2.10 bits per heavy atom. The summed E-state index contributed by atoms with van der Waals surface area (Å²) < 4.78 is 40.2. The van der Waals surface area contributed by atoms with E-state index >= 15 is 0 Å². The minimum Gasteiger partial charge on any atom is -0.315 e. The first-order valence-electron chi connectivity index (χ1n) is 5.62. The Labute approximate surface area is 129 Å². The molecule has 108 valence electrons. The number of hydrogen-bond donors (Lipinski definition) is 2. The lowest BCUT2D eigenvalue weighted by Crippen LogP contribution is -2.12. The Balaban J connectivity index is 2.26. The van der Waals surface area contributed by atoms with Crippen molar-refractivity contribution in [2.75, 3.05) is 11.8 Å². The van der Waals surface area contributed by atoms with E-state index in [0.29, 0.717) is 16.7 Å². The first-order valence-corrected chi connectivity index (χ1v) is 8.78. The molecule has 2 N–H and O–H groups in total. The van der Waals surface area contributed by atoms with Gasteiger partial charge in [-0.15, -0.1) is 11.3 Å². The number of nitrogens with one attached hydrogen (secondary N) is 2. The molecule has 0 fully saturated rings. The zero-order valence-electron chi connectivity index (χ0n) is 10.5. The fraction of sp³-hybridized carbons (Fsp3) is 0.167. The van der Waals surface area contributed by atoms with E-state index in [4.69, 9.17) is 0 Å². The molecule has 4 nitrogen and oxygen atoms in total. The van der Waals surface area contributed by atoms with Crippen LogP contribution in [0.3, 0.4) is 0 Å². The van der Waals surface area contributed by atoms with E-state index in [1.807, 2.05) is 0 Å². The van der Waals surface area contributed by atoms with Crippen molar-refractivity contribution < 1.29 is 12.8 Å². The van der Waals surface area contributed by atoms with Crippen LogP contribution in [0.2, 0.25) is 0 Å². The highest BCUT2D eigenvalue weighted by Crippen LogP contribution is 2.27. The first-order chi connectivity index (χ1) is 9.42. The van der Waals surface area contributed by atoms with Gasteiger partial charge in [0.05, 0.1) is 10.6 Å². The summed E-state index contributed by atoms with van der Waals surface area (Å²) >= 11 is 4.49. The van der Waals surface area contributed by atoms with Crippen molar-refractivity contribution in [3.63, 3.8) is 0 Å². The SMILES string of the molecule is CNCc1cc(S(=O)(=O)Nc2ccc(F)cc2Br)cs1. The predicted octanol–water partition coefficient (Wildman–Crippen LogP) is 3.17. The number of sulfonamides is 1. The van der Waals surface area contributed by atoms with Crippen molar-refractivity contribution in [1.82, 2.24) is 5.32 Å². The van der Waals surface area contributed by atoms with Crippen LogP contribution >= 0.6 is 27.3 Å². The summed E-state index contributed by atoms with van der Waals surface area (Å²) in [6.45, 7) is 0.612. The summed E-state index contributed by atoms with van der Waals surface area (Å²) in [7, 11) is -1.87. The summed E-state index contributed by atoms with van der Waals surface area (Å²) in [6.07, 6.45) is 0. The van der Waals surface area contributed by atoms with Crippen molar-refractivity contribution >= 4 is 43.0 Å². The summed E-state index contributed by atoms with van der Waals surface area (Å²) in [5, 5.41) is 4.54. The average Bonchev–Trinajstić information content (AvgIpc) is 2.83. The van der Waals surface area contributed by atoms with E-state index in [0.717, 1.165) is 4.88 Å². The van der Waals surface area contributed by atoms with Crippen LogP contribution in [0.15, 0.2) is 39.0 Å². The van der Waals surface area contributed by atoms with Gasteiger partial charge in [-0.25, -0.2) is 12.8 Å². The second-order valence-corrected chi connectivity index (χ2v) is 7.54. The molecule has 0 unspecified atom stereocenters. The zero-order chi connectivity index (χ0) is 14.8. The van der Waals surface area contributed by atoms with Gasteiger partial charge < -0.3 is 5.32 Å². The fourth-order valence-electron chi connectivity index (χ4n) is 1.54. The van der Waals surface area contributed by atoms with Gasteiger partial charge in [0.1, 0.15) is 5.82 Å². The molecule has 2 aromatic rings. The third kappa shape index (κ3) is 3.57. The summed E-state index contributed by atoms with van der Waals surface area (Å²) in [5.74, 6) is -0.438. The Morgan fingerprint density at radius 1 is 1.35 bits per heavy atom. The molecule has 1 heterocycles. The lowest BCUT2D eigenvalue weighted by atomic mass is 10.3. The molecule has 0 aliphatic rings. The van der Waals surface area contributed by atoms with Crippen molar-refractivity contribution in [1.29, 1.82) is 0 Å². The van der Waals surface area contributed by atoms with Gasteiger partial charge in [0.15, 0.2) is 0 Å². The van der Waals surface area contributed by atoms with Crippen LogP contribution in [0, 0.1) is 5.82 Å². The van der Waals surface area contributed by atoms with E-state index in [-0.39, 0.29) is 4.90 Å². The predicted molar refractivity (Wildman–Crippen MR) is 82.0 cm³/mol. The van der Waals surface area contributed by atoms with Gasteiger partial charge in [-0.05, 0) is 47.2 Å². The molecule has 0 amide bonds. The van der Waals surface area contributed by atoms with Crippen LogP contribution in [0.5, 0.6) is 0 Å². The number of hydrogen-bond acceptors (Lipinski definition) is 4. The quantitative estimate of drug-likeness (QED) is 0.839. The van der Waals surface area contributed by atoms with Gasteiger partial charge in [-0.3, -0.25) is 4.72 Å². The van der Waals surface area contributed by atoms with E-state index in [1.165, 1.54) is 29.5 Å². The van der Waals surface area contributed by atoms with E-state index in [9.17, 15) is 12.8 Å². The zero-order valence-corrected chi connectivity index (χ0v) is 13.7. The minimum atomic E-state index is -3.67.